The van der Waals surface area contributed by atoms with E-state index in [2.05, 4.69) is 17.4 Å². The van der Waals surface area contributed by atoms with Crippen LogP contribution in [0.1, 0.15) is 40.4 Å². The lowest BCUT2D eigenvalue weighted by Crippen LogP contribution is -2.33. The Morgan fingerprint density at radius 3 is 2.78 bits per heavy atom. The molecule has 0 bridgehead atoms. The fourth-order valence-corrected chi connectivity index (χ4v) is 3.95. The molecule has 1 amide bonds. The van der Waals surface area contributed by atoms with Crippen molar-refractivity contribution in [2.45, 2.75) is 31.8 Å². The van der Waals surface area contributed by atoms with Crippen LogP contribution >= 0.6 is 0 Å². The van der Waals surface area contributed by atoms with Crippen LogP contribution in [-0.4, -0.2) is 23.6 Å². The highest BCUT2D eigenvalue weighted by Gasteiger charge is 2.22. The number of carbonyl (C=O) groups excluding carboxylic acids is 2. The Morgan fingerprint density at radius 2 is 1.93 bits per heavy atom. The number of nitrogens with zero attached hydrogens (tertiary/aromatic N) is 1. The number of aromatic nitrogens is 1. The van der Waals surface area contributed by atoms with Crippen LogP contribution in [0.15, 0.2) is 54.7 Å². The number of para-hydroxylation sites is 1. The van der Waals surface area contributed by atoms with Crippen molar-refractivity contribution < 1.29 is 14.3 Å². The van der Waals surface area contributed by atoms with Crippen LogP contribution in [0, 0.1) is 0 Å². The second-order valence-corrected chi connectivity index (χ2v) is 6.89. The smallest absolute Gasteiger partial charge is 0.340 e. The predicted molar refractivity (Wildman–Crippen MR) is 104 cm³/mol. The quantitative estimate of drug-likeness (QED) is 0.721. The molecule has 3 aromatic rings. The van der Waals surface area contributed by atoms with Gasteiger partial charge >= 0.3 is 5.97 Å². The highest BCUT2D eigenvalue weighted by Crippen LogP contribution is 2.29. The molecule has 2 aromatic carbocycles. The van der Waals surface area contributed by atoms with E-state index in [1.54, 1.807) is 6.20 Å². The monoisotopic (exact) mass is 362 g/mol. The Labute approximate surface area is 157 Å². The Balaban J connectivity index is 1.57. The van der Waals surface area contributed by atoms with E-state index in [4.69, 9.17) is 4.74 Å². The molecule has 5 nitrogen and oxygen atoms in total. The van der Waals surface area contributed by atoms with E-state index < -0.39 is 5.97 Å². The molecule has 138 valence electrons. The Hall–Kier alpha value is -3.08. The maximum Gasteiger partial charge on any atom is 0.340 e. The van der Waals surface area contributed by atoms with Crippen LogP contribution in [0.4, 0.5) is 0 Å². The van der Waals surface area contributed by atoms with Gasteiger partial charge in [0.15, 0.2) is 0 Å². The van der Waals surface area contributed by atoms with Gasteiger partial charge < -0.3 is 14.6 Å². The molecule has 1 aliphatic rings. The van der Waals surface area contributed by atoms with Gasteiger partial charge in [-0.1, -0.05) is 42.5 Å². The number of rotatable bonds is 4. The van der Waals surface area contributed by atoms with Crippen molar-refractivity contribution in [3.63, 3.8) is 0 Å². The summed E-state index contributed by atoms with van der Waals surface area (Å²) in [6, 6.07) is 15.9. The molecule has 1 N–H and O–H groups in total. The number of hydrogen-bond acceptors (Lipinski definition) is 3. The zero-order valence-corrected chi connectivity index (χ0v) is 15.3. The lowest BCUT2D eigenvalue weighted by atomic mass is 9.88. The average Bonchev–Trinajstić information content (AvgIpc) is 3.06. The Morgan fingerprint density at radius 1 is 1.15 bits per heavy atom. The molecule has 4 rings (SSSR count). The maximum absolute atomic E-state index is 12.7. The lowest BCUT2D eigenvalue weighted by Gasteiger charge is -2.26. The number of amides is 1. The summed E-state index contributed by atoms with van der Waals surface area (Å²) in [6.07, 6.45) is 4.78. The molecule has 1 aromatic heterocycles. The molecular formula is C22H22N2O3. The molecule has 1 atom stereocenters. The summed E-state index contributed by atoms with van der Waals surface area (Å²) in [5, 5.41) is 3.96. The predicted octanol–water partition coefficient (Wildman–Crippen LogP) is 3.62. The standard InChI is InChI=1S/C22H22N2O3/c1-27-22(26)18-13-24(20-12-5-4-10-17(18)20)14-21(25)23-19-11-6-8-15-7-2-3-9-16(15)19/h2-5,7,9-10,12-13,19H,6,8,11,14H2,1H3,(H,23,25). The van der Waals surface area contributed by atoms with Crippen molar-refractivity contribution in [3.8, 4) is 0 Å². The van der Waals surface area contributed by atoms with Gasteiger partial charge in [-0.3, -0.25) is 4.79 Å². The van der Waals surface area contributed by atoms with Crippen molar-refractivity contribution in [2.24, 2.45) is 0 Å². The third-order valence-corrected chi connectivity index (χ3v) is 5.21. The maximum atomic E-state index is 12.7. The zero-order valence-electron chi connectivity index (χ0n) is 15.3. The van der Waals surface area contributed by atoms with Crippen LogP contribution < -0.4 is 5.32 Å². The van der Waals surface area contributed by atoms with E-state index in [-0.39, 0.29) is 18.5 Å². The molecule has 1 heterocycles. The van der Waals surface area contributed by atoms with Gasteiger partial charge in [-0.25, -0.2) is 4.79 Å². The number of methoxy groups -OCH3 is 1. The summed E-state index contributed by atoms with van der Waals surface area (Å²) < 4.78 is 6.68. The molecule has 5 heteroatoms. The number of benzene rings is 2. The van der Waals surface area contributed by atoms with Gasteiger partial charge in [0, 0.05) is 17.1 Å². The molecule has 0 radical (unpaired) electrons. The molecule has 27 heavy (non-hydrogen) atoms. The zero-order chi connectivity index (χ0) is 18.8. The molecule has 0 saturated heterocycles. The number of carbonyl (C=O) groups is 2. The lowest BCUT2D eigenvalue weighted by molar-refractivity contribution is -0.122. The molecule has 0 aliphatic heterocycles. The Kier molecular flexibility index (Phi) is 4.67. The van der Waals surface area contributed by atoms with Crippen molar-refractivity contribution in [1.82, 2.24) is 9.88 Å². The summed E-state index contributed by atoms with van der Waals surface area (Å²) in [7, 11) is 1.36. The second kappa shape index (κ2) is 7.27. The topological polar surface area (TPSA) is 60.3 Å². The molecule has 1 aliphatic carbocycles. The van der Waals surface area contributed by atoms with Crippen molar-refractivity contribution in [3.05, 3.63) is 71.4 Å². The first-order valence-corrected chi connectivity index (χ1v) is 9.20. The van der Waals surface area contributed by atoms with E-state index in [9.17, 15) is 9.59 Å². The van der Waals surface area contributed by atoms with Gasteiger partial charge in [-0.2, -0.15) is 0 Å². The Bertz CT molecular complexity index is 1010. The number of nitrogens with one attached hydrogen (secondary N) is 1. The normalized spacial score (nSPS) is 16.0. The minimum Gasteiger partial charge on any atom is -0.465 e. The highest BCUT2D eigenvalue weighted by molar-refractivity contribution is 6.04. The van der Waals surface area contributed by atoms with Crippen molar-refractivity contribution in [1.29, 1.82) is 0 Å². The van der Waals surface area contributed by atoms with Gasteiger partial charge in [0.05, 0.1) is 18.7 Å². The first kappa shape index (κ1) is 17.3. The van der Waals surface area contributed by atoms with E-state index >= 15 is 0 Å². The van der Waals surface area contributed by atoms with E-state index in [1.807, 2.05) is 41.0 Å². The fraction of sp³-hybridized carbons (Fsp3) is 0.273. The summed E-state index contributed by atoms with van der Waals surface area (Å²) in [5.41, 5.74) is 3.85. The number of ether oxygens (including phenoxy) is 1. The molecule has 0 spiro atoms. The molecular weight excluding hydrogens is 340 g/mol. The number of fused-ring (bicyclic) bond motifs is 2. The highest BCUT2D eigenvalue weighted by atomic mass is 16.5. The molecule has 0 saturated carbocycles. The summed E-state index contributed by atoms with van der Waals surface area (Å²) in [4.78, 5) is 24.8. The average molecular weight is 362 g/mol. The third-order valence-electron chi connectivity index (χ3n) is 5.21. The fourth-order valence-electron chi connectivity index (χ4n) is 3.95. The van der Waals surface area contributed by atoms with Gasteiger partial charge in [-0.15, -0.1) is 0 Å². The summed E-state index contributed by atoms with van der Waals surface area (Å²) >= 11 is 0. The first-order valence-electron chi connectivity index (χ1n) is 9.20. The van der Waals surface area contributed by atoms with Crippen molar-refractivity contribution >= 4 is 22.8 Å². The van der Waals surface area contributed by atoms with Gasteiger partial charge in [0.2, 0.25) is 5.91 Å². The van der Waals surface area contributed by atoms with Crippen LogP contribution in [0.25, 0.3) is 10.9 Å². The van der Waals surface area contributed by atoms with E-state index in [0.29, 0.717) is 5.56 Å². The SMILES string of the molecule is COC(=O)c1cn(CC(=O)NC2CCCc3ccccc32)c2ccccc12. The van der Waals surface area contributed by atoms with Gasteiger partial charge in [-0.05, 0) is 36.5 Å². The van der Waals surface area contributed by atoms with E-state index in [0.717, 1.165) is 30.2 Å². The van der Waals surface area contributed by atoms with E-state index in [1.165, 1.54) is 18.2 Å². The first-order chi connectivity index (χ1) is 13.2. The second-order valence-electron chi connectivity index (χ2n) is 6.89. The number of aryl methyl sites for hydroxylation is 1. The molecule has 0 fully saturated rings. The van der Waals surface area contributed by atoms with Crippen LogP contribution in [-0.2, 0) is 22.5 Å². The minimum atomic E-state index is -0.397. The van der Waals surface area contributed by atoms with Crippen LogP contribution in [0.5, 0.6) is 0 Å². The number of hydrogen-bond donors (Lipinski definition) is 1. The summed E-state index contributed by atoms with van der Waals surface area (Å²) in [5.74, 6) is -0.458. The van der Waals surface area contributed by atoms with Gasteiger partial charge in [0.1, 0.15) is 6.54 Å². The van der Waals surface area contributed by atoms with Crippen LogP contribution in [0.2, 0.25) is 0 Å². The van der Waals surface area contributed by atoms with Gasteiger partial charge in [0.25, 0.3) is 0 Å². The minimum absolute atomic E-state index is 0.0457. The molecule has 1 unspecified atom stereocenters. The number of esters is 1. The summed E-state index contributed by atoms with van der Waals surface area (Å²) in [6.45, 7) is 0.163. The third kappa shape index (κ3) is 3.33. The van der Waals surface area contributed by atoms with Crippen LogP contribution in [0.3, 0.4) is 0 Å². The largest absolute Gasteiger partial charge is 0.465 e. The van der Waals surface area contributed by atoms with Crippen molar-refractivity contribution in [2.75, 3.05) is 7.11 Å².